The number of ether oxygens (including phenoxy) is 1. The van der Waals surface area contributed by atoms with Gasteiger partial charge in [0, 0.05) is 25.2 Å². The highest BCUT2D eigenvalue weighted by molar-refractivity contribution is 5.90. The molecule has 33 heavy (non-hydrogen) atoms. The highest BCUT2D eigenvalue weighted by atomic mass is 19.4. The third-order valence-corrected chi connectivity index (χ3v) is 6.74. The lowest BCUT2D eigenvalue weighted by Crippen LogP contribution is -2.35. The number of hydrogen-bond acceptors (Lipinski definition) is 5. The average Bonchev–Trinajstić information content (AvgIpc) is 3.46. The summed E-state index contributed by atoms with van der Waals surface area (Å²) in [6.45, 7) is 0.517. The van der Waals surface area contributed by atoms with Gasteiger partial charge in [0.25, 0.3) is 0 Å². The molecule has 2 aliphatic carbocycles. The number of alkyl halides is 3. The Morgan fingerprint density at radius 1 is 1.24 bits per heavy atom. The van der Waals surface area contributed by atoms with Gasteiger partial charge in [0.05, 0.1) is 22.8 Å². The number of benzene rings is 1. The molecule has 1 aromatic carbocycles. The molecule has 2 fully saturated rings. The van der Waals surface area contributed by atoms with Crippen molar-refractivity contribution >= 4 is 22.7 Å². The Labute approximate surface area is 185 Å². The number of aromatic nitrogens is 1. The van der Waals surface area contributed by atoms with Crippen molar-refractivity contribution in [2.24, 2.45) is 17.6 Å². The van der Waals surface area contributed by atoms with E-state index in [4.69, 9.17) is 10.8 Å². The van der Waals surface area contributed by atoms with Crippen molar-refractivity contribution in [2.75, 3.05) is 18.0 Å². The first kappa shape index (κ1) is 21.7. The predicted octanol–water partition coefficient (Wildman–Crippen LogP) is 3.89. The maximum Gasteiger partial charge on any atom is 0.511 e. The lowest BCUT2D eigenvalue weighted by Gasteiger charge is -2.27. The number of carboxylic acid groups (broad SMARTS) is 1. The van der Waals surface area contributed by atoms with Crippen LogP contribution in [0.25, 0.3) is 10.9 Å². The van der Waals surface area contributed by atoms with Gasteiger partial charge in [0.1, 0.15) is 11.4 Å². The zero-order valence-corrected chi connectivity index (χ0v) is 17.3. The molecule has 0 amide bonds. The molecule has 3 atom stereocenters. The molecule has 3 unspecified atom stereocenters. The zero-order chi connectivity index (χ0) is 23.7. The molecule has 0 radical (unpaired) electrons. The van der Waals surface area contributed by atoms with Crippen molar-refractivity contribution in [3.8, 4) is 5.75 Å². The van der Waals surface area contributed by atoms with Crippen LogP contribution in [-0.2, 0) is 6.18 Å². The van der Waals surface area contributed by atoms with Crippen LogP contribution in [0.4, 0.5) is 28.0 Å². The lowest BCUT2D eigenvalue weighted by molar-refractivity contribution is -0.136. The van der Waals surface area contributed by atoms with Crippen LogP contribution in [-0.4, -0.2) is 35.0 Å². The van der Waals surface area contributed by atoms with E-state index < -0.39 is 51.8 Å². The van der Waals surface area contributed by atoms with Gasteiger partial charge in [-0.25, -0.2) is 9.18 Å². The third kappa shape index (κ3) is 3.64. The number of pyridine rings is 1. The number of nitrogens with zero attached hydrogens (tertiary/aromatic N) is 2. The van der Waals surface area contributed by atoms with Crippen LogP contribution in [0, 0.1) is 17.7 Å². The quantitative estimate of drug-likeness (QED) is 0.404. The molecule has 1 aliphatic heterocycles. The van der Waals surface area contributed by atoms with Gasteiger partial charge < -0.3 is 25.0 Å². The fourth-order valence-electron chi connectivity index (χ4n) is 5.14. The van der Waals surface area contributed by atoms with Crippen LogP contribution in [0.3, 0.4) is 0 Å². The van der Waals surface area contributed by atoms with E-state index in [1.54, 1.807) is 0 Å². The van der Waals surface area contributed by atoms with Gasteiger partial charge in [-0.3, -0.25) is 4.79 Å². The van der Waals surface area contributed by atoms with Gasteiger partial charge in [0.2, 0.25) is 5.43 Å². The normalized spacial score (nSPS) is 24.9. The molecule has 5 rings (SSSR count). The van der Waals surface area contributed by atoms with Crippen molar-refractivity contribution in [2.45, 2.75) is 37.5 Å². The molecule has 2 aromatic rings. The molecule has 1 saturated heterocycles. The summed E-state index contributed by atoms with van der Waals surface area (Å²) in [5.74, 6) is -1.90. The number of carbonyl (C=O) groups is 1. The summed E-state index contributed by atoms with van der Waals surface area (Å²) in [5, 5.41) is 8.08. The van der Waals surface area contributed by atoms with Gasteiger partial charge in [-0.15, -0.1) is 0 Å². The van der Waals surface area contributed by atoms with Crippen LogP contribution in [0.1, 0.15) is 30.9 Å². The third-order valence-electron chi connectivity index (χ3n) is 6.74. The molecule has 1 saturated carbocycles. The number of allylic oxidation sites excluding steroid dienone is 1. The Morgan fingerprint density at radius 2 is 1.97 bits per heavy atom. The Balaban J connectivity index is 1.76. The summed E-state index contributed by atoms with van der Waals surface area (Å²) in [4.78, 5) is 25.3. The highest BCUT2D eigenvalue weighted by Gasteiger charge is 2.44. The van der Waals surface area contributed by atoms with E-state index in [0.717, 1.165) is 16.8 Å². The zero-order valence-electron chi connectivity index (χ0n) is 17.3. The minimum absolute atomic E-state index is 0.0433. The first-order chi connectivity index (χ1) is 15.6. The number of rotatable bonds is 3. The molecule has 1 aromatic heterocycles. The second-order valence-corrected chi connectivity index (χ2v) is 8.87. The minimum Gasteiger partial charge on any atom is -0.449 e. The Hall–Kier alpha value is -3.08. The average molecular weight is 467 g/mol. The van der Waals surface area contributed by atoms with E-state index in [1.165, 1.54) is 4.90 Å². The molecule has 0 bridgehead atoms. The summed E-state index contributed by atoms with van der Waals surface area (Å²) < 4.78 is 64.4. The largest absolute Gasteiger partial charge is 0.511 e. The van der Waals surface area contributed by atoms with E-state index in [-0.39, 0.29) is 36.7 Å². The second kappa shape index (κ2) is 7.47. The molecule has 2 heterocycles. The molecule has 176 valence electrons. The number of nitrogens with two attached hydrogens (primary N) is 1. The fourth-order valence-corrected chi connectivity index (χ4v) is 5.14. The Bertz CT molecular complexity index is 1240. The predicted molar refractivity (Wildman–Crippen MR) is 111 cm³/mol. The van der Waals surface area contributed by atoms with Crippen molar-refractivity contribution < 1.29 is 32.2 Å². The smallest absolute Gasteiger partial charge is 0.449 e. The molecule has 11 heteroatoms. The number of anilines is 1. The Morgan fingerprint density at radius 3 is 2.58 bits per heavy atom. The summed E-state index contributed by atoms with van der Waals surface area (Å²) in [6, 6.07) is 0.0116. The number of halogens is 4. The maximum absolute atomic E-state index is 15.3. The maximum atomic E-state index is 15.3. The van der Waals surface area contributed by atoms with Gasteiger partial charge in [-0.1, -0.05) is 12.2 Å². The number of hydrogen-bond donors (Lipinski definition) is 2. The van der Waals surface area contributed by atoms with Crippen molar-refractivity contribution in [1.29, 1.82) is 0 Å². The standard InChI is InChI=1S/C22H21F4N3O4/c23-13-6-15(28-7-10-2-1-3-14(27)12(10)8-28)18(22(24,25)26)19-17(13)20(30)16(33-21(31)32)9-29(19)11-4-5-11/h1,3,6,9-12,14H,2,4-5,7-8,27H2,(H,31,32). The molecular formula is C22H21F4N3O4. The molecule has 0 spiro atoms. The SMILES string of the molecule is NC1C=CCC2CN(c3cc(F)c4c(=O)c(OC(=O)O)cn(C5CC5)c4c3C(F)(F)F)CC12. The first-order valence-electron chi connectivity index (χ1n) is 10.6. The Kier molecular flexibility index (Phi) is 4.93. The summed E-state index contributed by atoms with van der Waals surface area (Å²) in [7, 11) is 0. The van der Waals surface area contributed by atoms with Crippen LogP contribution < -0.4 is 20.8 Å². The highest BCUT2D eigenvalue weighted by Crippen LogP contribution is 2.47. The van der Waals surface area contributed by atoms with E-state index in [0.29, 0.717) is 19.3 Å². The van der Waals surface area contributed by atoms with Crippen molar-refractivity contribution in [1.82, 2.24) is 4.57 Å². The van der Waals surface area contributed by atoms with Crippen LogP contribution in [0.15, 0.2) is 29.2 Å². The fraction of sp³-hybridized carbons (Fsp3) is 0.455. The van der Waals surface area contributed by atoms with Crippen LogP contribution in [0.2, 0.25) is 0 Å². The summed E-state index contributed by atoms with van der Waals surface area (Å²) >= 11 is 0. The molecule has 7 nitrogen and oxygen atoms in total. The van der Waals surface area contributed by atoms with E-state index in [2.05, 4.69) is 4.74 Å². The topological polar surface area (TPSA) is 97.8 Å². The minimum atomic E-state index is -4.90. The second-order valence-electron chi connectivity index (χ2n) is 8.87. The molecular weight excluding hydrogens is 446 g/mol. The summed E-state index contributed by atoms with van der Waals surface area (Å²) in [6.07, 6.45) is -0.308. The van der Waals surface area contributed by atoms with Crippen molar-refractivity contribution in [3.05, 3.63) is 46.0 Å². The van der Waals surface area contributed by atoms with Gasteiger partial charge >= 0.3 is 12.3 Å². The lowest BCUT2D eigenvalue weighted by atomic mass is 9.83. The van der Waals surface area contributed by atoms with E-state index in [1.807, 2.05) is 12.2 Å². The molecule has 3 N–H and O–H groups in total. The van der Waals surface area contributed by atoms with Crippen LogP contribution in [0.5, 0.6) is 5.75 Å². The molecule has 3 aliphatic rings. The van der Waals surface area contributed by atoms with E-state index in [9.17, 15) is 22.8 Å². The van der Waals surface area contributed by atoms with Crippen LogP contribution >= 0.6 is 0 Å². The monoisotopic (exact) mass is 467 g/mol. The first-order valence-corrected chi connectivity index (χ1v) is 10.6. The van der Waals surface area contributed by atoms with E-state index >= 15 is 4.39 Å². The summed E-state index contributed by atoms with van der Waals surface area (Å²) in [5.41, 5.74) is 2.87. The van der Waals surface area contributed by atoms with Gasteiger partial charge in [0.15, 0.2) is 5.75 Å². The number of fused-ring (bicyclic) bond motifs is 2. The van der Waals surface area contributed by atoms with Crippen molar-refractivity contribution in [3.63, 3.8) is 0 Å². The van der Waals surface area contributed by atoms with Gasteiger partial charge in [-0.05, 0) is 37.2 Å². The van der Waals surface area contributed by atoms with Gasteiger partial charge in [-0.2, -0.15) is 13.2 Å².